The second-order valence-corrected chi connectivity index (χ2v) is 12.8. The van der Waals surface area contributed by atoms with Gasteiger partial charge in [-0.1, -0.05) is 49.4 Å². The Morgan fingerprint density at radius 3 is 2.41 bits per heavy atom. The van der Waals surface area contributed by atoms with Crippen LogP contribution in [0.3, 0.4) is 0 Å². The Hall–Kier alpha value is -4.25. The number of ether oxygens (including phenoxy) is 3. The van der Waals surface area contributed by atoms with Gasteiger partial charge < -0.3 is 24.4 Å². The number of hydrogen-bond donors (Lipinski definition) is 1. The lowest BCUT2D eigenvalue weighted by molar-refractivity contribution is -0.141. The largest absolute Gasteiger partial charge is 0.497 e. The van der Waals surface area contributed by atoms with Gasteiger partial charge in [0.2, 0.25) is 28.6 Å². The molecule has 0 bridgehead atoms. The third-order valence-corrected chi connectivity index (χ3v) is 8.75. The van der Waals surface area contributed by atoms with E-state index in [2.05, 4.69) is 5.32 Å². The first-order valence-electron chi connectivity index (χ1n) is 14.7. The summed E-state index contributed by atoms with van der Waals surface area (Å²) in [7, 11) is -2.09. The smallest absolute Gasteiger partial charge is 0.243 e. The fraction of sp³-hybridized carbons (Fsp3) is 0.394. The Morgan fingerprint density at radius 2 is 1.70 bits per heavy atom. The molecule has 10 nitrogen and oxygen atoms in total. The fourth-order valence-electron chi connectivity index (χ4n) is 5.01. The van der Waals surface area contributed by atoms with Gasteiger partial charge in [-0.15, -0.1) is 0 Å². The summed E-state index contributed by atoms with van der Waals surface area (Å²) in [4.78, 5) is 29.4. The van der Waals surface area contributed by atoms with Crippen LogP contribution in [0.2, 0.25) is 0 Å². The maximum absolute atomic E-state index is 14.0. The number of rotatable bonds is 15. The van der Waals surface area contributed by atoms with Crippen molar-refractivity contribution in [2.75, 3.05) is 31.0 Å². The average molecular weight is 624 g/mol. The van der Waals surface area contributed by atoms with Crippen LogP contribution < -0.4 is 23.8 Å². The normalized spacial score (nSPS) is 13.5. The maximum Gasteiger partial charge on any atom is 0.243 e. The molecule has 0 aliphatic carbocycles. The molecule has 1 N–H and O–H groups in total. The van der Waals surface area contributed by atoms with Gasteiger partial charge in [-0.2, -0.15) is 0 Å². The third kappa shape index (κ3) is 8.66. The third-order valence-electron chi connectivity index (χ3n) is 7.56. The van der Waals surface area contributed by atoms with Crippen LogP contribution in [0, 0.1) is 0 Å². The Morgan fingerprint density at radius 1 is 0.977 bits per heavy atom. The lowest BCUT2D eigenvalue weighted by atomic mass is 10.0. The molecule has 4 rings (SSSR count). The molecule has 0 saturated heterocycles. The number of anilines is 1. The molecule has 0 unspecified atom stereocenters. The topological polar surface area (TPSA) is 114 Å². The average Bonchev–Trinajstić information content (AvgIpc) is 3.49. The molecule has 0 saturated carbocycles. The van der Waals surface area contributed by atoms with E-state index < -0.39 is 16.1 Å². The van der Waals surface area contributed by atoms with Crippen molar-refractivity contribution < 1.29 is 32.2 Å². The van der Waals surface area contributed by atoms with Gasteiger partial charge in [0.1, 0.15) is 11.8 Å². The van der Waals surface area contributed by atoms with Crippen LogP contribution in [0.25, 0.3) is 0 Å². The van der Waals surface area contributed by atoms with Crippen molar-refractivity contribution in [2.45, 2.75) is 58.2 Å². The van der Waals surface area contributed by atoms with E-state index in [1.165, 1.54) is 4.31 Å². The summed E-state index contributed by atoms with van der Waals surface area (Å²) in [6.07, 6.45) is 2.46. The molecule has 2 atom stereocenters. The molecule has 1 aliphatic rings. The zero-order valence-electron chi connectivity index (χ0n) is 25.7. The van der Waals surface area contributed by atoms with Crippen LogP contribution in [-0.2, 0) is 32.6 Å². The van der Waals surface area contributed by atoms with Gasteiger partial charge in [0.25, 0.3) is 0 Å². The van der Waals surface area contributed by atoms with E-state index in [9.17, 15) is 18.0 Å². The number of fused-ring (bicyclic) bond motifs is 1. The lowest BCUT2D eigenvalue weighted by Gasteiger charge is -2.33. The summed E-state index contributed by atoms with van der Waals surface area (Å²) in [5, 5.41) is 3.06. The molecule has 11 heteroatoms. The number of amides is 2. The molecule has 2 amide bonds. The van der Waals surface area contributed by atoms with E-state index in [1.54, 1.807) is 30.2 Å². The number of nitrogens with zero attached hydrogens (tertiary/aromatic N) is 2. The van der Waals surface area contributed by atoms with Gasteiger partial charge in [-0.05, 0) is 55.2 Å². The molecule has 44 heavy (non-hydrogen) atoms. The maximum atomic E-state index is 14.0. The van der Waals surface area contributed by atoms with Gasteiger partial charge in [0.05, 0.1) is 19.1 Å². The summed E-state index contributed by atoms with van der Waals surface area (Å²) in [5.74, 6) is 1.16. The number of methoxy groups -OCH3 is 1. The predicted molar refractivity (Wildman–Crippen MR) is 169 cm³/mol. The number of sulfonamides is 1. The highest BCUT2D eigenvalue weighted by Crippen LogP contribution is 2.36. The van der Waals surface area contributed by atoms with Crippen molar-refractivity contribution in [2.24, 2.45) is 0 Å². The SMILES string of the molecule is CC[C@H](C)NC(=O)[C@@H](Cc1ccccc1)N(Cc1cccc(OC)c1)C(=O)CCCN(c1ccc2c(c1)OCO2)S(C)(=O)=O. The van der Waals surface area contributed by atoms with Crippen molar-refractivity contribution >= 4 is 27.5 Å². The number of carbonyl (C=O) groups excluding carboxylic acids is 2. The van der Waals surface area contributed by atoms with E-state index in [0.717, 1.165) is 23.8 Å². The van der Waals surface area contributed by atoms with Crippen molar-refractivity contribution in [3.63, 3.8) is 0 Å². The van der Waals surface area contributed by atoms with Crippen LogP contribution in [0.1, 0.15) is 44.2 Å². The summed E-state index contributed by atoms with van der Waals surface area (Å²) in [5.41, 5.74) is 2.16. The molecule has 0 aromatic heterocycles. The van der Waals surface area contributed by atoms with E-state index in [4.69, 9.17) is 14.2 Å². The van der Waals surface area contributed by atoms with Crippen LogP contribution in [-0.4, -0.2) is 63.9 Å². The Kier molecular flexibility index (Phi) is 11.1. The van der Waals surface area contributed by atoms with Crippen molar-refractivity contribution in [1.29, 1.82) is 0 Å². The lowest BCUT2D eigenvalue weighted by Crippen LogP contribution is -2.52. The van der Waals surface area contributed by atoms with Crippen LogP contribution in [0.4, 0.5) is 5.69 Å². The molecule has 0 spiro atoms. The van der Waals surface area contributed by atoms with E-state index in [1.807, 2.05) is 68.4 Å². The Balaban J connectivity index is 1.59. The van der Waals surface area contributed by atoms with Gasteiger partial charge in [0, 0.05) is 38.0 Å². The molecule has 3 aromatic carbocycles. The molecule has 0 fully saturated rings. The summed E-state index contributed by atoms with van der Waals surface area (Å²) in [6, 6.07) is 21.1. The minimum atomic E-state index is -3.66. The number of carbonyl (C=O) groups is 2. The minimum absolute atomic E-state index is 0.0302. The van der Waals surface area contributed by atoms with Crippen LogP contribution in [0.5, 0.6) is 17.2 Å². The van der Waals surface area contributed by atoms with Crippen molar-refractivity contribution in [3.05, 3.63) is 83.9 Å². The number of nitrogens with one attached hydrogen (secondary N) is 1. The predicted octanol–water partition coefficient (Wildman–Crippen LogP) is 4.52. The molecule has 3 aromatic rings. The second kappa shape index (κ2) is 15.0. The van der Waals surface area contributed by atoms with Crippen molar-refractivity contribution in [1.82, 2.24) is 10.2 Å². The van der Waals surface area contributed by atoms with Crippen LogP contribution >= 0.6 is 0 Å². The Bertz CT molecular complexity index is 1530. The number of hydrogen-bond acceptors (Lipinski definition) is 7. The molecule has 0 radical (unpaired) electrons. The van der Waals surface area contributed by atoms with Gasteiger partial charge >= 0.3 is 0 Å². The van der Waals surface area contributed by atoms with E-state index >= 15 is 0 Å². The summed E-state index contributed by atoms with van der Waals surface area (Å²) in [6.45, 7) is 4.24. The van der Waals surface area contributed by atoms with Gasteiger partial charge in [-0.25, -0.2) is 8.42 Å². The molecule has 236 valence electrons. The minimum Gasteiger partial charge on any atom is -0.497 e. The molecule has 1 aliphatic heterocycles. The fourth-order valence-corrected chi connectivity index (χ4v) is 5.96. The monoisotopic (exact) mass is 623 g/mol. The summed E-state index contributed by atoms with van der Waals surface area (Å²) >= 11 is 0. The first-order chi connectivity index (χ1) is 21.1. The first kappa shape index (κ1) is 32.7. The van der Waals surface area contributed by atoms with E-state index in [0.29, 0.717) is 29.4 Å². The highest BCUT2D eigenvalue weighted by molar-refractivity contribution is 7.92. The van der Waals surface area contributed by atoms with E-state index in [-0.39, 0.29) is 50.6 Å². The molecule has 1 heterocycles. The second-order valence-electron chi connectivity index (χ2n) is 10.9. The van der Waals surface area contributed by atoms with Gasteiger partial charge in [-0.3, -0.25) is 13.9 Å². The first-order valence-corrected chi connectivity index (χ1v) is 16.6. The zero-order chi connectivity index (χ0) is 31.7. The van der Waals surface area contributed by atoms with Gasteiger partial charge in [0.15, 0.2) is 11.5 Å². The number of benzene rings is 3. The molecular formula is C33H41N3O7S. The zero-order valence-corrected chi connectivity index (χ0v) is 26.5. The highest BCUT2D eigenvalue weighted by Gasteiger charge is 2.31. The van der Waals surface area contributed by atoms with Crippen molar-refractivity contribution in [3.8, 4) is 17.2 Å². The Labute approximate surface area is 260 Å². The summed E-state index contributed by atoms with van der Waals surface area (Å²) < 4.78 is 43.0. The molecular weight excluding hydrogens is 582 g/mol. The quantitative estimate of drug-likeness (QED) is 0.265. The standard InChI is InChI=1S/C33H41N3O7S/c1-5-24(2)34-33(38)29(20-25-11-7-6-8-12-25)35(22-26-13-9-14-28(19-26)41-3)32(37)15-10-18-36(44(4,39)40)27-16-17-30-31(21-27)43-23-42-30/h6-9,11-14,16-17,19,21,24,29H,5,10,15,18,20,22-23H2,1-4H3,(H,34,38)/t24-,29+/m0/s1. The highest BCUT2D eigenvalue weighted by atomic mass is 32.2. The van der Waals surface area contributed by atoms with Crippen LogP contribution in [0.15, 0.2) is 72.8 Å².